The maximum atomic E-state index is 10.8. The normalized spacial score (nSPS) is 13.5. The largest absolute Gasteiger partial charge is 0.490 e. The highest BCUT2D eigenvalue weighted by molar-refractivity contribution is 9.10. The van der Waals surface area contributed by atoms with Crippen LogP contribution in [0, 0.1) is 0 Å². The van der Waals surface area contributed by atoms with Gasteiger partial charge in [0.1, 0.15) is 12.4 Å². The smallest absolute Gasteiger partial charge is 0.339 e. The third kappa shape index (κ3) is 4.06. The van der Waals surface area contributed by atoms with Gasteiger partial charge in [0.15, 0.2) is 5.60 Å². The van der Waals surface area contributed by atoms with Crippen LogP contribution in [0.25, 0.3) is 11.1 Å². The molecule has 0 radical (unpaired) electrons. The van der Waals surface area contributed by atoms with Crippen molar-refractivity contribution >= 4 is 21.9 Å². The first kappa shape index (κ1) is 15.5. The van der Waals surface area contributed by atoms with Crippen LogP contribution < -0.4 is 4.74 Å². The minimum absolute atomic E-state index is 0.306. The van der Waals surface area contributed by atoms with Gasteiger partial charge in [-0.25, -0.2) is 4.79 Å². The molecule has 4 nitrogen and oxygen atoms in total. The first-order valence-electron chi connectivity index (χ1n) is 6.33. The lowest BCUT2D eigenvalue weighted by atomic mass is 10.1. The number of aliphatic carboxylic acids is 1. The third-order valence-electron chi connectivity index (χ3n) is 3.01. The topological polar surface area (TPSA) is 66.8 Å². The predicted molar refractivity (Wildman–Crippen MR) is 83.3 cm³/mol. The van der Waals surface area contributed by atoms with Gasteiger partial charge in [0, 0.05) is 4.47 Å². The molecular weight excluding hydrogens is 336 g/mol. The Morgan fingerprint density at radius 1 is 1.10 bits per heavy atom. The van der Waals surface area contributed by atoms with Crippen molar-refractivity contribution in [1.82, 2.24) is 0 Å². The van der Waals surface area contributed by atoms with E-state index >= 15 is 0 Å². The molecule has 2 rings (SSSR count). The summed E-state index contributed by atoms with van der Waals surface area (Å²) in [5.41, 5.74) is 0.201. The van der Waals surface area contributed by atoms with Gasteiger partial charge in [-0.2, -0.15) is 0 Å². The van der Waals surface area contributed by atoms with E-state index in [0.29, 0.717) is 5.75 Å². The van der Waals surface area contributed by atoms with Crippen LogP contribution in [-0.2, 0) is 4.79 Å². The number of carboxylic acids is 1. The predicted octanol–water partition coefficient (Wildman–Crippen LogP) is 3.33. The standard InChI is InChI=1S/C16H15BrO4/c1-16(20,15(18)19)10-21-14-8-4-12(5-9-14)11-2-6-13(17)7-3-11/h2-9,20H,10H2,1H3,(H,18,19). The lowest BCUT2D eigenvalue weighted by molar-refractivity contribution is -0.159. The molecule has 110 valence electrons. The summed E-state index contributed by atoms with van der Waals surface area (Å²) in [6.07, 6.45) is 0. The Morgan fingerprint density at radius 2 is 1.57 bits per heavy atom. The molecule has 21 heavy (non-hydrogen) atoms. The molecule has 2 aromatic rings. The molecule has 5 heteroatoms. The van der Waals surface area contributed by atoms with Gasteiger partial charge < -0.3 is 14.9 Å². The second-order valence-electron chi connectivity index (χ2n) is 4.90. The summed E-state index contributed by atoms with van der Waals surface area (Å²) in [7, 11) is 0. The molecule has 0 aromatic heterocycles. The van der Waals surface area contributed by atoms with Gasteiger partial charge in [-0.3, -0.25) is 0 Å². The van der Waals surface area contributed by atoms with E-state index in [0.717, 1.165) is 15.6 Å². The molecule has 0 amide bonds. The van der Waals surface area contributed by atoms with Crippen LogP contribution in [0.4, 0.5) is 0 Å². The summed E-state index contributed by atoms with van der Waals surface area (Å²) in [4.78, 5) is 10.8. The van der Waals surface area contributed by atoms with Crippen molar-refractivity contribution < 1.29 is 19.7 Å². The van der Waals surface area contributed by atoms with E-state index in [2.05, 4.69) is 15.9 Å². The molecule has 0 heterocycles. The van der Waals surface area contributed by atoms with Gasteiger partial charge in [-0.15, -0.1) is 0 Å². The number of rotatable bonds is 5. The average Bonchev–Trinajstić information content (AvgIpc) is 2.46. The lowest BCUT2D eigenvalue weighted by Gasteiger charge is -2.18. The number of benzene rings is 2. The molecule has 1 atom stereocenters. The maximum absolute atomic E-state index is 10.8. The molecule has 0 bridgehead atoms. The number of carbonyl (C=O) groups is 1. The molecule has 1 unspecified atom stereocenters. The molecule has 2 N–H and O–H groups in total. The van der Waals surface area contributed by atoms with Gasteiger partial charge in [0.2, 0.25) is 0 Å². The third-order valence-corrected chi connectivity index (χ3v) is 3.54. The van der Waals surface area contributed by atoms with Crippen LogP contribution in [0.3, 0.4) is 0 Å². The number of hydrogen-bond acceptors (Lipinski definition) is 3. The Morgan fingerprint density at radius 3 is 2.05 bits per heavy atom. The molecule has 0 aliphatic rings. The molecule has 0 saturated carbocycles. The highest BCUT2D eigenvalue weighted by Crippen LogP contribution is 2.24. The summed E-state index contributed by atoms with van der Waals surface area (Å²) in [6.45, 7) is 0.894. The Kier molecular flexibility index (Phi) is 4.65. The highest BCUT2D eigenvalue weighted by Gasteiger charge is 2.30. The maximum Gasteiger partial charge on any atom is 0.339 e. The highest BCUT2D eigenvalue weighted by atomic mass is 79.9. The van der Waals surface area contributed by atoms with Gasteiger partial charge in [0.05, 0.1) is 0 Å². The van der Waals surface area contributed by atoms with E-state index in [-0.39, 0.29) is 6.61 Å². The van der Waals surface area contributed by atoms with Crippen molar-refractivity contribution in [2.24, 2.45) is 0 Å². The van der Waals surface area contributed by atoms with Crippen molar-refractivity contribution in [3.05, 3.63) is 53.0 Å². The van der Waals surface area contributed by atoms with Gasteiger partial charge in [-0.05, 0) is 42.3 Å². The minimum atomic E-state index is -1.90. The average molecular weight is 351 g/mol. The fraction of sp³-hybridized carbons (Fsp3) is 0.188. The van der Waals surface area contributed by atoms with Crippen molar-refractivity contribution in [3.8, 4) is 16.9 Å². The van der Waals surface area contributed by atoms with Gasteiger partial charge in [-0.1, -0.05) is 40.2 Å². The Labute approximate surface area is 131 Å². The molecule has 0 aliphatic carbocycles. The number of halogens is 1. The molecule has 0 saturated heterocycles. The van der Waals surface area contributed by atoms with E-state index in [1.165, 1.54) is 6.92 Å². The fourth-order valence-electron chi connectivity index (χ4n) is 1.67. The Bertz CT molecular complexity index is 618. The number of hydrogen-bond donors (Lipinski definition) is 2. The van der Waals surface area contributed by atoms with E-state index < -0.39 is 11.6 Å². The summed E-state index contributed by atoms with van der Waals surface area (Å²) in [6, 6.07) is 15.2. The molecular formula is C16H15BrO4. The lowest BCUT2D eigenvalue weighted by Crippen LogP contribution is -2.41. The molecule has 0 fully saturated rings. The molecule has 0 spiro atoms. The van der Waals surface area contributed by atoms with Crippen molar-refractivity contribution in [3.63, 3.8) is 0 Å². The van der Waals surface area contributed by atoms with Gasteiger partial charge >= 0.3 is 5.97 Å². The van der Waals surface area contributed by atoms with Crippen LogP contribution in [0.2, 0.25) is 0 Å². The monoisotopic (exact) mass is 350 g/mol. The first-order valence-corrected chi connectivity index (χ1v) is 7.12. The van der Waals surface area contributed by atoms with Crippen molar-refractivity contribution in [2.45, 2.75) is 12.5 Å². The van der Waals surface area contributed by atoms with Crippen LogP contribution >= 0.6 is 15.9 Å². The quantitative estimate of drug-likeness (QED) is 0.867. The summed E-state index contributed by atoms with van der Waals surface area (Å²) in [5, 5.41) is 18.4. The van der Waals surface area contributed by atoms with E-state index in [9.17, 15) is 9.90 Å². The number of ether oxygens (including phenoxy) is 1. The molecule has 2 aromatic carbocycles. The first-order chi connectivity index (χ1) is 9.88. The summed E-state index contributed by atoms with van der Waals surface area (Å²) in [5.74, 6) is -0.800. The zero-order valence-corrected chi connectivity index (χ0v) is 13.0. The van der Waals surface area contributed by atoms with Crippen molar-refractivity contribution in [2.75, 3.05) is 6.61 Å². The van der Waals surface area contributed by atoms with Crippen molar-refractivity contribution in [1.29, 1.82) is 0 Å². The zero-order chi connectivity index (χ0) is 15.5. The summed E-state index contributed by atoms with van der Waals surface area (Å²) < 4.78 is 6.32. The second kappa shape index (κ2) is 6.28. The van der Waals surface area contributed by atoms with E-state index in [4.69, 9.17) is 9.84 Å². The van der Waals surface area contributed by atoms with Gasteiger partial charge in [0.25, 0.3) is 0 Å². The number of carboxylic acid groups (broad SMARTS) is 1. The van der Waals surface area contributed by atoms with E-state index in [1.807, 2.05) is 36.4 Å². The van der Waals surface area contributed by atoms with Crippen LogP contribution in [-0.4, -0.2) is 28.4 Å². The Hall–Kier alpha value is -1.85. The van der Waals surface area contributed by atoms with Crippen LogP contribution in [0.1, 0.15) is 6.92 Å². The fourth-order valence-corrected chi connectivity index (χ4v) is 1.94. The second-order valence-corrected chi connectivity index (χ2v) is 5.81. The van der Waals surface area contributed by atoms with Crippen LogP contribution in [0.15, 0.2) is 53.0 Å². The Balaban J connectivity index is 2.06. The SMILES string of the molecule is CC(O)(COc1ccc(-c2ccc(Br)cc2)cc1)C(=O)O. The summed E-state index contributed by atoms with van der Waals surface area (Å²) >= 11 is 3.39. The zero-order valence-electron chi connectivity index (χ0n) is 11.4. The minimum Gasteiger partial charge on any atom is -0.490 e. The van der Waals surface area contributed by atoms with Crippen LogP contribution in [0.5, 0.6) is 5.75 Å². The number of aliphatic hydroxyl groups is 1. The van der Waals surface area contributed by atoms with E-state index in [1.54, 1.807) is 12.1 Å². The molecule has 0 aliphatic heterocycles.